The first-order chi connectivity index (χ1) is 25.5. The van der Waals surface area contributed by atoms with Crippen LogP contribution in [0.4, 0.5) is 13.2 Å². The first-order valence-corrected chi connectivity index (χ1v) is 17.5. The van der Waals surface area contributed by atoms with Gasteiger partial charge < -0.3 is 14.8 Å². The van der Waals surface area contributed by atoms with E-state index >= 15 is 0 Å². The molecule has 284 valence electrons. The van der Waals surface area contributed by atoms with E-state index in [-0.39, 0.29) is 45.5 Å². The third-order valence-corrected chi connectivity index (χ3v) is 9.36. The second kappa shape index (κ2) is 15.7. The van der Waals surface area contributed by atoms with Gasteiger partial charge in [0.15, 0.2) is 5.69 Å². The lowest BCUT2D eigenvalue weighted by molar-refractivity contribution is -0.707. The van der Waals surface area contributed by atoms with Gasteiger partial charge in [-0.2, -0.15) is 18.3 Å². The van der Waals surface area contributed by atoms with E-state index in [9.17, 15) is 46.0 Å². The fraction of sp³-hybridized carbons (Fsp3) is 0.265. The number of alkyl halides is 3. The molecule has 3 amide bonds. The second-order valence-electron chi connectivity index (χ2n) is 11.9. The number of rotatable bonds is 14. The summed E-state index contributed by atoms with van der Waals surface area (Å²) in [4.78, 5) is 55.1. The average molecular weight is 772 g/mol. The van der Waals surface area contributed by atoms with E-state index in [0.29, 0.717) is 5.56 Å². The highest BCUT2D eigenvalue weighted by atomic mass is 32.2. The van der Waals surface area contributed by atoms with E-state index in [1.54, 1.807) is 36.4 Å². The zero-order valence-electron chi connectivity index (χ0n) is 28.8. The zero-order chi connectivity index (χ0) is 39.4. The van der Waals surface area contributed by atoms with Crippen LogP contribution in [0.5, 0.6) is 0 Å². The molecule has 5 rings (SSSR count). The minimum absolute atomic E-state index is 0.00509. The number of hydrazine groups is 1. The number of amides is 3. The van der Waals surface area contributed by atoms with Gasteiger partial charge in [0.05, 0.1) is 45.8 Å². The Morgan fingerprint density at radius 2 is 1.61 bits per heavy atom. The third kappa shape index (κ3) is 8.82. The Morgan fingerprint density at radius 3 is 2.20 bits per heavy atom. The number of esters is 1. The van der Waals surface area contributed by atoms with E-state index in [1.165, 1.54) is 38.2 Å². The minimum Gasteiger partial charge on any atom is -0.569 e. The van der Waals surface area contributed by atoms with Gasteiger partial charge in [-0.25, -0.2) is 22.7 Å². The van der Waals surface area contributed by atoms with Crippen LogP contribution in [0.25, 0.3) is 16.9 Å². The summed E-state index contributed by atoms with van der Waals surface area (Å²) in [7, 11) is -3.16. The highest BCUT2D eigenvalue weighted by molar-refractivity contribution is 7.90. The maximum absolute atomic E-state index is 13.5. The molecule has 1 aromatic heterocycles. The molecule has 4 aromatic rings. The van der Waals surface area contributed by atoms with E-state index in [2.05, 4.69) is 10.4 Å². The summed E-state index contributed by atoms with van der Waals surface area (Å²) < 4.78 is 74.1. The molecule has 2 heterocycles. The highest BCUT2D eigenvalue weighted by Crippen LogP contribution is 2.33. The molecular formula is C34H32F3N7O9S. The molecule has 20 heteroatoms. The standard InChI is InChI=1S/C34H32F3N7O9S/c1-21-8-10-23(11-9-21)28-20-29(34(35,36)37)38-43(28)24-12-14-25(15-13-24)54(50,51)39-30(45)16-17-31(46)52-19-18-41(3)44(49)40-53-22(2)42-32(47)26-6-4-5-7-27(26)33(42)48/h4-15,20,22H,16-19H2,1-3H3,(H,39,45)/b44-40-. The molecular weight excluding hydrogens is 739 g/mol. The van der Waals surface area contributed by atoms with Gasteiger partial charge in [0.2, 0.25) is 17.4 Å². The van der Waals surface area contributed by atoms with Crippen molar-refractivity contribution in [3.8, 4) is 16.9 Å². The molecule has 16 nitrogen and oxygen atoms in total. The van der Waals surface area contributed by atoms with Crippen LogP contribution in [0.15, 0.2) is 89.0 Å². The van der Waals surface area contributed by atoms with Crippen LogP contribution in [0.3, 0.4) is 0 Å². The normalized spacial score (nSPS) is 13.7. The lowest BCUT2D eigenvalue weighted by Gasteiger charge is -2.19. The maximum Gasteiger partial charge on any atom is 0.435 e. The van der Waals surface area contributed by atoms with Crippen LogP contribution < -0.4 is 4.72 Å². The van der Waals surface area contributed by atoms with Crippen LogP contribution in [-0.4, -0.2) is 83.2 Å². The van der Waals surface area contributed by atoms with Gasteiger partial charge in [-0.3, -0.25) is 19.2 Å². The van der Waals surface area contributed by atoms with E-state index in [1.807, 2.05) is 11.6 Å². The summed E-state index contributed by atoms with van der Waals surface area (Å²) in [6.07, 6.45) is -7.05. The van der Waals surface area contributed by atoms with Gasteiger partial charge in [0.25, 0.3) is 21.8 Å². The van der Waals surface area contributed by atoms with Crippen LogP contribution in [0, 0.1) is 12.1 Å². The number of aryl methyl sites for hydroxylation is 1. The molecule has 0 saturated carbocycles. The van der Waals surface area contributed by atoms with Gasteiger partial charge in [-0.15, -0.1) is 5.01 Å². The van der Waals surface area contributed by atoms with Gasteiger partial charge in [0.1, 0.15) is 13.2 Å². The van der Waals surface area contributed by atoms with E-state index in [0.717, 1.165) is 38.4 Å². The van der Waals surface area contributed by atoms with Crippen LogP contribution in [0.2, 0.25) is 0 Å². The monoisotopic (exact) mass is 771 g/mol. The molecule has 54 heavy (non-hydrogen) atoms. The number of ether oxygens (including phenoxy) is 1. The number of nitrogens with zero attached hydrogens (tertiary/aromatic N) is 6. The second-order valence-corrected chi connectivity index (χ2v) is 13.6. The van der Waals surface area contributed by atoms with Gasteiger partial charge >= 0.3 is 12.1 Å². The first-order valence-electron chi connectivity index (χ1n) is 16.0. The van der Waals surface area contributed by atoms with Crippen molar-refractivity contribution < 1.29 is 55.3 Å². The molecule has 3 aromatic carbocycles. The molecule has 0 spiro atoms. The summed E-state index contributed by atoms with van der Waals surface area (Å²) in [5.41, 5.74) is 0.811. The van der Waals surface area contributed by atoms with Crippen molar-refractivity contribution in [2.45, 2.75) is 44.0 Å². The number of fused-ring (bicyclic) bond motifs is 1. The number of imide groups is 1. The van der Waals surface area contributed by atoms with Crippen molar-refractivity contribution in [1.29, 1.82) is 0 Å². The summed E-state index contributed by atoms with van der Waals surface area (Å²) in [6.45, 7) is 2.64. The van der Waals surface area contributed by atoms with Crippen molar-refractivity contribution >= 4 is 33.7 Å². The fourth-order valence-corrected chi connectivity index (χ4v) is 6.11. The molecule has 1 aliphatic rings. The lowest BCUT2D eigenvalue weighted by Crippen LogP contribution is -2.39. The summed E-state index contributed by atoms with van der Waals surface area (Å²) in [6, 6.07) is 18.4. The van der Waals surface area contributed by atoms with Crippen molar-refractivity contribution in [1.82, 2.24) is 24.4 Å². The first kappa shape index (κ1) is 38.9. The Balaban J connectivity index is 1.08. The topological polar surface area (TPSA) is 196 Å². The molecule has 0 radical (unpaired) electrons. The molecule has 0 saturated heterocycles. The number of aromatic nitrogens is 2. The van der Waals surface area contributed by atoms with E-state index in [4.69, 9.17) is 9.57 Å². The third-order valence-electron chi connectivity index (χ3n) is 7.97. The van der Waals surface area contributed by atoms with Gasteiger partial charge in [0, 0.05) is 12.0 Å². The van der Waals surface area contributed by atoms with Crippen molar-refractivity contribution in [2.75, 3.05) is 20.2 Å². The summed E-state index contributed by atoms with van der Waals surface area (Å²) >= 11 is 0. The molecule has 1 N–H and O–H groups in total. The molecule has 0 fully saturated rings. The number of nitrogens with one attached hydrogen (secondary N) is 1. The summed E-state index contributed by atoms with van der Waals surface area (Å²) in [5, 5.41) is 20.2. The van der Waals surface area contributed by atoms with Crippen LogP contribution in [0.1, 0.15) is 51.7 Å². The number of likely N-dealkylation sites (N-methyl/N-ethyl adjacent to an activating group) is 1. The van der Waals surface area contributed by atoms with Crippen molar-refractivity contribution in [3.05, 3.63) is 106 Å². The molecule has 0 bridgehead atoms. The number of hydrogen-bond donors (Lipinski definition) is 1. The molecule has 1 atom stereocenters. The van der Waals surface area contributed by atoms with E-state index < -0.39 is 64.7 Å². The Morgan fingerprint density at radius 1 is 1.00 bits per heavy atom. The molecule has 0 aliphatic carbocycles. The smallest absolute Gasteiger partial charge is 0.435 e. The quantitative estimate of drug-likeness (QED) is 0.0628. The highest BCUT2D eigenvalue weighted by Gasteiger charge is 2.40. The van der Waals surface area contributed by atoms with Gasteiger partial charge in [-0.1, -0.05) is 42.0 Å². The molecule has 1 unspecified atom stereocenters. The minimum atomic E-state index is -4.74. The number of carbonyl (C=O) groups is 4. The largest absolute Gasteiger partial charge is 0.569 e. The van der Waals surface area contributed by atoms with Crippen molar-refractivity contribution in [3.63, 3.8) is 0 Å². The molecule has 1 aliphatic heterocycles. The predicted octanol–water partition coefficient (Wildman–Crippen LogP) is 4.38. The van der Waals surface area contributed by atoms with Crippen molar-refractivity contribution in [2.24, 2.45) is 5.28 Å². The SMILES string of the molecule is Cc1ccc(-c2cc(C(F)(F)F)nn2-c2ccc(S(=O)(=O)NC(=O)CCC(=O)OCCN(C)/[N+]([O-])=N/OC(C)N3C(=O)c4ccccc4C3=O)cc2)cc1. The van der Waals surface area contributed by atoms with Crippen LogP contribution >= 0.6 is 0 Å². The summed E-state index contributed by atoms with van der Waals surface area (Å²) in [5.74, 6) is -3.13. The average Bonchev–Trinajstić information content (AvgIpc) is 3.69. The Kier molecular flexibility index (Phi) is 11.3. The number of carbonyl (C=O) groups excluding carboxylic acids is 4. The van der Waals surface area contributed by atoms with Gasteiger partial charge in [-0.05, 0) is 56.3 Å². The number of sulfonamides is 1. The Labute approximate surface area is 305 Å². The zero-order valence-corrected chi connectivity index (χ0v) is 29.6. The predicted molar refractivity (Wildman–Crippen MR) is 180 cm³/mol. The van der Waals surface area contributed by atoms with Crippen LogP contribution in [-0.2, 0) is 35.4 Å². The Hall–Kier alpha value is -6.31. The number of halogens is 3. The number of hydrogen-bond acceptors (Lipinski definition) is 11. The Bertz CT molecular complexity index is 2170. The lowest BCUT2D eigenvalue weighted by atomic mass is 10.1. The number of benzene rings is 3. The maximum atomic E-state index is 13.5. The fourth-order valence-electron chi connectivity index (χ4n) is 5.09.